The molecule has 1 heterocycles. The molecule has 0 unspecified atom stereocenters. The van der Waals surface area contributed by atoms with Gasteiger partial charge in [-0.1, -0.05) is 49.7 Å². The van der Waals surface area contributed by atoms with Crippen molar-refractivity contribution >= 4 is 16.9 Å². The molecule has 1 N–H and O–H groups in total. The highest BCUT2D eigenvalue weighted by Gasteiger charge is 2.13. The molecule has 0 aliphatic heterocycles. The normalized spacial score (nSPS) is 12.3. The molecule has 1 atom stereocenters. The Balaban J connectivity index is 2.13. The van der Waals surface area contributed by atoms with Crippen LogP contribution in [0.1, 0.15) is 47.7 Å². The highest BCUT2D eigenvalue weighted by molar-refractivity contribution is 6.03. The summed E-state index contributed by atoms with van der Waals surface area (Å²) in [6.45, 7) is 6.32. The number of fused-ring (bicyclic) bond motifs is 1. The van der Waals surface area contributed by atoms with Crippen LogP contribution in [0.5, 0.6) is 0 Å². The van der Waals surface area contributed by atoms with E-state index in [0.717, 1.165) is 17.5 Å². The second kappa shape index (κ2) is 6.44. The van der Waals surface area contributed by atoms with E-state index in [1.807, 2.05) is 37.3 Å². The number of rotatable bonds is 4. The Morgan fingerprint density at radius 2 is 1.83 bits per heavy atom. The van der Waals surface area contributed by atoms with Crippen LogP contribution in [0, 0.1) is 6.92 Å². The molecule has 24 heavy (non-hydrogen) atoms. The van der Waals surface area contributed by atoms with Gasteiger partial charge in [0.1, 0.15) is 0 Å². The molecule has 122 valence electrons. The molecule has 0 bridgehead atoms. The maximum atomic E-state index is 11.7. The van der Waals surface area contributed by atoms with E-state index in [2.05, 4.69) is 31.0 Å². The molecule has 0 amide bonds. The molecular weight excluding hydrogens is 298 g/mol. The summed E-state index contributed by atoms with van der Waals surface area (Å²) >= 11 is 0. The van der Waals surface area contributed by atoms with Crippen LogP contribution in [-0.4, -0.2) is 16.1 Å². The molecule has 0 spiro atoms. The van der Waals surface area contributed by atoms with Gasteiger partial charge in [0, 0.05) is 10.9 Å². The third kappa shape index (κ3) is 3.02. The second-order valence-electron chi connectivity index (χ2n) is 6.31. The van der Waals surface area contributed by atoms with Gasteiger partial charge in [0.25, 0.3) is 0 Å². The topological polar surface area (TPSA) is 50.2 Å². The second-order valence-corrected chi connectivity index (χ2v) is 6.31. The quantitative estimate of drug-likeness (QED) is 0.698. The number of aromatic nitrogens is 1. The summed E-state index contributed by atoms with van der Waals surface area (Å²) in [5.74, 6) is -0.411. The number of aryl methyl sites for hydroxylation is 1. The SMILES string of the molecule is CC[C@H](C)c1ccc(-c2cc(C(=O)O)c3cc(C)ccc3n2)cc1. The summed E-state index contributed by atoms with van der Waals surface area (Å²) in [5, 5.41) is 10.2. The fraction of sp³-hybridized carbons (Fsp3) is 0.238. The number of aromatic carboxylic acids is 1. The molecule has 3 rings (SSSR count). The zero-order chi connectivity index (χ0) is 17.3. The van der Waals surface area contributed by atoms with Crippen LogP contribution in [0.15, 0.2) is 48.5 Å². The summed E-state index contributed by atoms with van der Waals surface area (Å²) in [6, 6.07) is 15.6. The number of hydrogen-bond donors (Lipinski definition) is 1. The first kappa shape index (κ1) is 16.2. The Bertz CT molecular complexity index is 898. The van der Waals surface area contributed by atoms with Crippen LogP contribution >= 0.6 is 0 Å². The lowest BCUT2D eigenvalue weighted by Gasteiger charge is -2.11. The van der Waals surface area contributed by atoms with E-state index < -0.39 is 5.97 Å². The van der Waals surface area contributed by atoms with Crippen LogP contribution in [0.4, 0.5) is 0 Å². The maximum Gasteiger partial charge on any atom is 0.336 e. The van der Waals surface area contributed by atoms with Gasteiger partial charge in [0.15, 0.2) is 0 Å². The molecule has 0 aliphatic rings. The minimum absolute atomic E-state index is 0.296. The summed E-state index contributed by atoms with van der Waals surface area (Å²) in [5.41, 5.74) is 4.95. The fourth-order valence-corrected chi connectivity index (χ4v) is 2.88. The number of carbonyl (C=O) groups is 1. The van der Waals surface area contributed by atoms with Gasteiger partial charge < -0.3 is 5.11 Å². The average Bonchev–Trinajstić information content (AvgIpc) is 2.60. The van der Waals surface area contributed by atoms with Crippen molar-refractivity contribution in [3.63, 3.8) is 0 Å². The third-order valence-corrected chi connectivity index (χ3v) is 4.58. The summed E-state index contributed by atoms with van der Waals surface area (Å²) in [7, 11) is 0. The number of carboxylic acids is 1. The molecule has 0 radical (unpaired) electrons. The summed E-state index contributed by atoms with van der Waals surface area (Å²) in [6.07, 6.45) is 1.09. The predicted molar refractivity (Wildman–Crippen MR) is 97.6 cm³/mol. The monoisotopic (exact) mass is 319 g/mol. The van der Waals surface area contributed by atoms with Crippen LogP contribution in [0.3, 0.4) is 0 Å². The Morgan fingerprint density at radius 3 is 2.46 bits per heavy atom. The van der Waals surface area contributed by atoms with E-state index in [0.29, 0.717) is 28.1 Å². The van der Waals surface area contributed by atoms with Gasteiger partial charge in [-0.05, 0) is 43.0 Å². The first-order chi connectivity index (χ1) is 11.5. The Kier molecular flexibility index (Phi) is 4.34. The minimum atomic E-state index is -0.925. The number of pyridine rings is 1. The number of hydrogen-bond acceptors (Lipinski definition) is 2. The largest absolute Gasteiger partial charge is 0.478 e. The molecule has 0 saturated heterocycles. The number of carboxylic acid groups (broad SMARTS) is 1. The lowest BCUT2D eigenvalue weighted by atomic mass is 9.96. The van der Waals surface area contributed by atoms with Crippen LogP contribution < -0.4 is 0 Å². The molecular formula is C21H21NO2. The van der Waals surface area contributed by atoms with Crippen molar-refractivity contribution < 1.29 is 9.90 Å². The fourth-order valence-electron chi connectivity index (χ4n) is 2.88. The van der Waals surface area contributed by atoms with Gasteiger partial charge in [-0.3, -0.25) is 0 Å². The van der Waals surface area contributed by atoms with E-state index in [1.54, 1.807) is 6.07 Å². The van der Waals surface area contributed by atoms with E-state index in [-0.39, 0.29) is 0 Å². The van der Waals surface area contributed by atoms with Crippen molar-refractivity contribution in [3.8, 4) is 11.3 Å². The van der Waals surface area contributed by atoms with Crippen molar-refractivity contribution in [2.75, 3.05) is 0 Å². The first-order valence-electron chi connectivity index (χ1n) is 8.24. The van der Waals surface area contributed by atoms with Crippen molar-refractivity contribution in [2.45, 2.75) is 33.1 Å². The van der Waals surface area contributed by atoms with Crippen molar-refractivity contribution in [1.29, 1.82) is 0 Å². The van der Waals surface area contributed by atoms with Crippen molar-refractivity contribution in [1.82, 2.24) is 4.98 Å². The average molecular weight is 319 g/mol. The van der Waals surface area contributed by atoms with Crippen LogP contribution in [-0.2, 0) is 0 Å². The minimum Gasteiger partial charge on any atom is -0.478 e. The van der Waals surface area contributed by atoms with E-state index in [1.165, 1.54) is 5.56 Å². The smallest absolute Gasteiger partial charge is 0.336 e. The summed E-state index contributed by atoms with van der Waals surface area (Å²) < 4.78 is 0. The van der Waals surface area contributed by atoms with Gasteiger partial charge in [0.2, 0.25) is 0 Å². The van der Waals surface area contributed by atoms with Crippen molar-refractivity contribution in [2.24, 2.45) is 0 Å². The molecule has 1 aromatic heterocycles. The van der Waals surface area contributed by atoms with Gasteiger partial charge in [0.05, 0.1) is 16.8 Å². The highest BCUT2D eigenvalue weighted by atomic mass is 16.4. The highest BCUT2D eigenvalue weighted by Crippen LogP contribution is 2.27. The van der Waals surface area contributed by atoms with Gasteiger partial charge >= 0.3 is 5.97 Å². The van der Waals surface area contributed by atoms with E-state index in [9.17, 15) is 9.90 Å². The standard InChI is InChI=1S/C21H21NO2/c1-4-14(3)15-6-8-16(9-7-15)20-12-18(21(23)24)17-11-13(2)5-10-19(17)22-20/h5-12,14H,4H2,1-3H3,(H,23,24)/t14-/m0/s1. The van der Waals surface area contributed by atoms with Crippen LogP contribution in [0.2, 0.25) is 0 Å². The zero-order valence-corrected chi connectivity index (χ0v) is 14.2. The zero-order valence-electron chi connectivity index (χ0n) is 14.2. The maximum absolute atomic E-state index is 11.7. The molecule has 0 aliphatic carbocycles. The van der Waals surface area contributed by atoms with E-state index >= 15 is 0 Å². The molecule has 3 heteroatoms. The Hall–Kier alpha value is -2.68. The Labute approximate surface area is 142 Å². The van der Waals surface area contributed by atoms with Crippen molar-refractivity contribution in [3.05, 3.63) is 65.2 Å². The molecule has 2 aromatic carbocycles. The third-order valence-electron chi connectivity index (χ3n) is 4.58. The predicted octanol–water partition coefficient (Wildman–Crippen LogP) is 5.42. The molecule has 0 saturated carbocycles. The molecule has 3 nitrogen and oxygen atoms in total. The lowest BCUT2D eigenvalue weighted by molar-refractivity contribution is 0.0699. The van der Waals surface area contributed by atoms with Gasteiger partial charge in [-0.2, -0.15) is 0 Å². The Morgan fingerprint density at radius 1 is 1.12 bits per heavy atom. The van der Waals surface area contributed by atoms with E-state index in [4.69, 9.17) is 0 Å². The lowest BCUT2D eigenvalue weighted by Crippen LogP contribution is -2.00. The number of benzene rings is 2. The van der Waals surface area contributed by atoms with Gasteiger partial charge in [-0.15, -0.1) is 0 Å². The summed E-state index contributed by atoms with van der Waals surface area (Å²) in [4.78, 5) is 16.3. The molecule has 3 aromatic rings. The molecule has 0 fully saturated rings. The van der Waals surface area contributed by atoms with Gasteiger partial charge in [-0.25, -0.2) is 9.78 Å². The van der Waals surface area contributed by atoms with Crippen LogP contribution in [0.25, 0.3) is 22.2 Å². The first-order valence-corrected chi connectivity index (χ1v) is 8.24. The number of nitrogens with zero attached hydrogens (tertiary/aromatic N) is 1.